The molecule has 0 saturated heterocycles. The van der Waals surface area contributed by atoms with Crippen LogP contribution in [0.1, 0.15) is 16.1 Å². The van der Waals surface area contributed by atoms with E-state index in [0.29, 0.717) is 12.1 Å². The number of nitrogens with zero attached hydrogens (tertiary/aromatic N) is 1. The van der Waals surface area contributed by atoms with E-state index in [1.807, 2.05) is 0 Å². The summed E-state index contributed by atoms with van der Waals surface area (Å²) in [5.74, 6) is -0.747. The van der Waals surface area contributed by atoms with Gasteiger partial charge in [-0.05, 0) is 30.3 Å². The summed E-state index contributed by atoms with van der Waals surface area (Å²) >= 11 is 0. The Balaban J connectivity index is 1.85. The number of nitro benzene ring substituents is 1. The zero-order valence-corrected chi connectivity index (χ0v) is 16.1. The Bertz CT molecular complexity index is 1300. The SMILES string of the molecule is COC(=O)c1cc(=O)c2cc(NC(=O)Nc3ccc(C(F)(F)F)cc3[N+](=O)[O-])ccc2[nH]1. The van der Waals surface area contributed by atoms with E-state index >= 15 is 0 Å². The number of nitro groups is 1. The van der Waals surface area contributed by atoms with Gasteiger partial charge in [0.05, 0.1) is 23.1 Å². The Morgan fingerprint density at radius 2 is 1.81 bits per heavy atom. The van der Waals surface area contributed by atoms with Crippen molar-refractivity contribution < 1.29 is 32.4 Å². The number of aromatic nitrogens is 1. The number of aromatic amines is 1. The Morgan fingerprint density at radius 3 is 2.44 bits per heavy atom. The molecule has 0 fully saturated rings. The first-order valence-electron chi connectivity index (χ1n) is 8.68. The van der Waals surface area contributed by atoms with Gasteiger partial charge in [-0.2, -0.15) is 13.2 Å². The highest BCUT2D eigenvalue weighted by Gasteiger charge is 2.33. The van der Waals surface area contributed by atoms with E-state index in [0.717, 1.165) is 19.2 Å². The number of benzene rings is 2. The number of H-pyrrole nitrogens is 1. The van der Waals surface area contributed by atoms with Gasteiger partial charge in [-0.25, -0.2) is 9.59 Å². The van der Waals surface area contributed by atoms with E-state index in [1.165, 1.54) is 18.2 Å². The number of anilines is 2. The molecule has 1 heterocycles. The number of urea groups is 1. The Labute approximate surface area is 176 Å². The molecule has 0 unspecified atom stereocenters. The smallest absolute Gasteiger partial charge is 0.416 e. The molecule has 0 spiro atoms. The topological polar surface area (TPSA) is 143 Å². The number of hydrogen-bond acceptors (Lipinski definition) is 6. The fourth-order valence-corrected chi connectivity index (χ4v) is 2.79. The van der Waals surface area contributed by atoms with Crippen LogP contribution in [0.3, 0.4) is 0 Å². The van der Waals surface area contributed by atoms with Crippen LogP contribution in [0.5, 0.6) is 0 Å². The third-order valence-corrected chi connectivity index (χ3v) is 4.26. The first-order valence-corrected chi connectivity index (χ1v) is 8.68. The predicted octanol–water partition coefficient (Wildman–Crippen LogP) is 3.89. The Morgan fingerprint density at radius 1 is 1.09 bits per heavy atom. The molecule has 13 heteroatoms. The maximum absolute atomic E-state index is 12.8. The molecule has 3 N–H and O–H groups in total. The number of carbonyl (C=O) groups excluding carboxylic acids is 2. The van der Waals surface area contributed by atoms with E-state index in [9.17, 15) is 37.7 Å². The lowest BCUT2D eigenvalue weighted by Gasteiger charge is -2.11. The zero-order valence-electron chi connectivity index (χ0n) is 16.1. The monoisotopic (exact) mass is 450 g/mol. The molecule has 2 aromatic carbocycles. The second-order valence-electron chi connectivity index (χ2n) is 6.37. The van der Waals surface area contributed by atoms with Crippen LogP contribution in [0, 0.1) is 10.1 Å². The van der Waals surface area contributed by atoms with Crippen molar-refractivity contribution in [1.82, 2.24) is 4.98 Å². The molecule has 0 radical (unpaired) electrons. The molecule has 0 bridgehead atoms. The van der Waals surface area contributed by atoms with Crippen LogP contribution in [0.2, 0.25) is 0 Å². The zero-order chi connectivity index (χ0) is 23.6. The number of methoxy groups -OCH3 is 1. The van der Waals surface area contributed by atoms with Gasteiger partial charge >= 0.3 is 18.2 Å². The molecular formula is C19H13F3N4O6. The number of carbonyl (C=O) groups is 2. The molecule has 0 aliphatic heterocycles. The van der Waals surface area contributed by atoms with Crippen LogP contribution < -0.4 is 16.1 Å². The molecule has 0 aliphatic rings. The van der Waals surface area contributed by atoms with Gasteiger partial charge in [0.15, 0.2) is 5.43 Å². The molecular weight excluding hydrogens is 437 g/mol. The van der Waals surface area contributed by atoms with Crippen molar-refractivity contribution in [1.29, 1.82) is 0 Å². The van der Waals surface area contributed by atoms with E-state index in [-0.39, 0.29) is 22.3 Å². The maximum atomic E-state index is 12.8. The van der Waals surface area contributed by atoms with Crippen LogP contribution in [-0.4, -0.2) is 29.0 Å². The van der Waals surface area contributed by atoms with Crippen LogP contribution in [0.25, 0.3) is 10.9 Å². The van der Waals surface area contributed by atoms with Crippen molar-refractivity contribution in [2.24, 2.45) is 0 Å². The maximum Gasteiger partial charge on any atom is 0.416 e. The van der Waals surface area contributed by atoms with E-state index in [4.69, 9.17) is 0 Å². The van der Waals surface area contributed by atoms with Gasteiger partial charge in [0, 0.05) is 23.2 Å². The van der Waals surface area contributed by atoms with Crippen molar-refractivity contribution in [3.63, 3.8) is 0 Å². The summed E-state index contributed by atoms with van der Waals surface area (Å²) in [4.78, 5) is 48.8. The number of nitrogens with one attached hydrogen (secondary N) is 3. The highest BCUT2D eigenvalue weighted by Crippen LogP contribution is 2.35. The van der Waals surface area contributed by atoms with E-state index in [2.05, 4.69) is 20.4 Å². The summed E-state index contributed by atoms with van der Waals surface area (Å²) in [7, 11) is 1.15. The van der Waals surface area contributed by atoms with Gasteiger partial charge in [-0.3, -0.25) is 14.9 Å². The van der Waals surface area contributed by atoms with Crippen molar-refractivity contribution in [3.05, 3.63) is 74.1 Å². The van der Waals surface area contributed by atoms with Crippen LogP contribution in [0.4, 0.5) is 35.0 Å². The number of rotatable bonds is 4. The second kappa shape index (κ2) is 8.37. The molecule has 10 nitrogen and oxygen atoms in total. The normalized spacial score (nSPS) is 11.1. The lowest BCUT2D eigenvalue weighted by Crippen LogP contribution is -2.20. The molecule has 2 amide bonds. The number of fused-ring (bicyclic) bond motifs is 1. The minimum atomic E-state index is -4.79. The Hall–Kier alpha value is -4.42. The second-order valence-corrected chi connectivity index (χ2v) is 6.37. The molecule has 32 heavy (non-hydrogen) atoms. The highest BCUT2D eigenvalue weighted by molar-refractivity contribution is 6.02. The summed E-state index contributed by atoms with van der Waals surface area (Å²) in [5.41, 5.74) is -2.86. The van der Waals surface area contributed by atoms with Gasteiger partial charge in [0.2, 0.25) is 0 Å². The molecule has 0 atom stereocenters. The quantitative estimate of drug-likeness (QED) is 0.313. The molecule has 0 aliphatic carbocycles. The highest BCUT2D eigenvalue weighted by atomic mass is 19.4. The first kappa shape index (κ1) is 22.3. The summed E-state index contributed by atoms with van der Waals surface area (Å²) in [6.07, 6.45) is -4.79. The minimum Gasteiger partial charge on any atom is -0.464 e. The van der Waals surface area contributed by atoms with Crippen molar-refractivity contribution in [3.8, 4) is 0 Å². The van der Waals surface area contributed by atoms with Crippen molar-refractivity contribution in [2.45, 2.75) is 6.18 Å². The average molecular weight is 450 g/mol. The minimum absolute atomic E-state index is 0.0712. The number of pyridine rings is 1. The summed E-state index contributed by atoms with van der Waals surface area (Å²) < 4.78 is 42.9. The molecule has 166 valence electrons. The van der Waals surface area contributed by atoms with Crippen LogP contribution in [0.15, 0.2) is 47.3 Å². The molecule has 3 rings (SSSR count). The first-order chi connectivity index (χ1) is 15.0. The molecule has 1 aromatic heterocycles. The van der Waals surface area contributed by atoms with Crippen LogP contribution >= 0.6 is 0 Å². The van der Waals surface area contributed by atoms with Crippen LogP contribution in [-0.2, 0) is 10.9 Å². The van der Waals surface area contributed by atoms with E-state index < -0.39 is 45.5 Å². The number of ether oxygens (including phenoxy) is 1. The number of alkyl halides is 3. The predicted molar refractivity (Wildman–Crippen MR) is 107 cm³/mol. The average Bonchev–Trinajstić information content (AvgIpc) is 2.72. The summed E-state index contributed by atoms with van der Waals surface area (Å²) in [6, 6.07) is 5.76. The third-order valence-electron chi connectivity index (χ3n) is 4.26. The van der Waals surface area contributed by atoms with Crippen molar-refractivity contribution >= 4 is 40.0 Å². The third kappa shape index (κ3) is 4.66. The number of hydrogen-bond donors (Lipinski definition) is 3. The lowest BCUT2D eigenvalue weighted by atomic mass is 10.1. The molecule has 3 aromatic rings. The Kier molecular flexibility index (Phi) is 5.83. The van der Waals surface area contributed by atoms with Gasteiger partial charge in [-0.15, -0.1) is 0 Å². The fourth-order valence-electron chi connectivity index (χ4n) is 2.79. The van der Waals surface area contributed by atoms with Gasteiger partial charge in [0.1, 0.15) is 11.4 Å². The fraction of sp³-hybridized carbons (Fsp3) is 0.105. The van der Waals surface area contributed by atoms with Gasteiger partial charge < -0.3 is 20.4 Å². The number of halogens is 3. The standard InChI is InChI=1S/C19H13F3N4O6/c1-32-17(28)14-8-16(27)11-7-10(3-5-12(11)24-14)23-18(29)25-13-4-2-9(19(20,21)22)6-15(13)26(30)31/h2-8H,1H3,(H,24,27)(H2,23,25,29). The number of esters is 1. The largest absolute Gasteiger partial charge is 0.464 e. The van der Waals surface area contributed by atoms with Crippen molar-refractivity contribution in [2.75, 3.05) is 17.7 Å². The summed E-state index contributed by atoms with van der Waals surface area (Å²) in [5, 5.41) is 15.7. The summed E-state index contributed by atoms with van der Waals surface area (Å²) in [6.45, 7) is 0. The lowest BCUT2D eigenvalue weighted by molar-refractivity contribution is -0.384. The van der Waals surface area contributed by atoms with E-state index in [1.54, 1.807) is 0 Å². The van der Waals surface area contributed by atoms with Gasteiger partial charge in [0.25, 0.3) is 5.69 Å². The van der Waals surface area contributed by atoms with Gasteiger partial charge in [-0.1, -0.05) is 0 Å². The number of amides is 2. The molecule has 0 saturated carbocycles.